The minimum atomic E-state index is -3.63. The average molecular weight is 272 g/mol. The Hall–Kier alpha value is -1.18. The second-order valence-electron chi connectivity index (χ2n) is 4.47. The Kier molecular flexibility index (Phi) is 3.56. The fraction of sp³-hybridized carbons (Fsp3) is 0.545. The molecule has 18 heavy (non-hydrogen) atoms. The Morgan fingerprint density at radius 3 is 2.67 bits per heavy atom. The van der Waals surface area contributed by atoms with E-state index < -0.39 is 10.0 Å². The average Bonchev–Trinajstić information content (AvgIpc) is 2.81. The van der Waals surface area contributed by atoms with Crippen LogP contribution in [0.25, 0.3) is 0 Å². The zero-order chi connectivity index (χ0) is 13.3. The van der Waals surface area contributed by atoms with Crippen molar-refractivity contribution in [2.75, 3.05) is 26.7 Å². The molecule has 0 amide bonds. The minimum absolute atomic E-state index is 0.0238. The van der Waals surface area contributed by atoms with Crippen LogP contribution in [0.5, 0.6) is 0 Å². The number of hydrogen-bond donors (Lipinski definition) is 0. The van der Waals surface area contributed by atoms with Gasteiger partial charge in [0.2, 0.25) is 5.09 Å². The predicted molar refractivity (Wildman–Crippen MR) is 64.9 cm³/mol. The van der Waals surface area contributed by atoms with Crippen molar-refractivity contribution in [3.8, 4) is 0 Å². The summed E-state index contributed by atoms with van der Waals surface area (Å²) in [4.78, 5) is 12.6. The smallest absolute Gasteiger partial charge is 0.276 e. The summed E-state index contributed by atoms with van der Waals surface area (Å²) < 4.78 is 30.9. The summed E-state index contributed by atoms with van der Waals surface area (Å²) in [5.74, 6) is 0.0238. The fourth-order valence-electron chi connectivity index (χ4n) is 1.90. The third kappa shape index (κ3) is 2.33. The van der Waals surface area contributed by atoms with Gasteiger partial charge >= 0.3 is 0 Å². The van der Waals surface area contributed by atoms with Crippen LogP contribution in [0, 0.1) is 0 Å². The van der Waals surface area contributed by atoms with Gasteiger partial charge in [-0.25, -0.2) is 8.42 Å². The number of hydrogen-bond acceptors (Lipinski definition) is 5. The van der Waals surface area contributed by atoms with Crippen molar-refractivity contribution >= 4 is 16.3 Å². The molecule has 2 heterocycles. The van der Waals surface area contributed by atoms with E-state index in [4.69, 9.17) is 4.42 Å². The molecule has 6 nitrogen and oxygen atoms in total. The van der Waals surface area contributed by atoms with Crippen LogP contribution >= 0.6 is 0 Å². The fourth-order valence-corrected chi connectivity index (χ4v) is 3.33. The standard InChI is InChI=1S/C11H16N2O4S/c1-9-7-13(6-5-12(9)2)18(15,16)11-4-3-10(8-14)17-11/h3-4,8-9H,5-7H2,1-2H3. The Bertz CT molecular complexity index is 537. The number of furan rings is 1. The number of piperazine rings is 1. The second-order valence-corrected chi connectivity index (χ2v) is 6.34. The summed E-state index contributed by atoms with van der Waals surface area (Å²) in [6, 6.07) is 2.84. The molecule has 2 rings (SSSR count). The molecule has 0 aromatic carbocycles. The Morgan fingerprint density at radius 1 is 1.39 bits per heavy atom. The van der Waals surface area contributed by atoms with Gasteiger partial charge in [0.1, 0.15) is 0 Å². The van der Waals surface area contributed by atoms with Crippen molar-refractivity contribution < 1.29 is 17.6 Å². The summed E-state index contributed by atoms with van der Waals surface area (Å²) >= 11 is 0. The zero-order valence-electron chi connectivity index (χ0n) is 10.4. The molecule has 7 heteroatoms. The topological polar surface area (TPSA) is 70.8 Å². The van der Waals surface area contributed by atoms with Crippen LogP contribution in [0.3, 0.4) is 0 Å². The van der Waals surface area contributed by atoms with E-state index in [1.54, 1.807) is 0 Å². The minimum Gasteiger partial charge on any atom is -0.440 e. The van der Waals surface area contributed by atoms with Gasteiger partial charge in [-0.15, -0.1) is 0 Å². The first-order valence-electron chi connectivity index (χ1n) is 5.70. The van der Waals surface area contributed by atoms with Crippen LogP contribution in [0.1, 0.15) is 17.5 Å². The Labute approximate surface area is 106 Å². The van der Waals surface area contributed by atoms with Gasteiger partial charge in [0, 0.05) is 25.7 Å². The number of carbonyl (C=O) groups is 1. The van der Waals surface area contributed by atoms with Crippen LogP contribution in [-0.2, 0) is 10.0 Å². The Morgan fingerprint density at radius 2 is 2.11 bits per heavy atom. The van der Waals surface area contributed by atoms with E-state index in [0.29, 0.717) is 25.9 Å². The highest BCUT2D eigenvalue weighted by Gasteiger charge is 2.32. The second kappa shape index (κ2) is 4.83. The van der Waals surface area contributed by atoms with E-state index in [1.807, 2.05) is 14.0 Å². The van der Waals surface area contributed by atoms with Crippen molar-refractivity contribution in [2.24, 2.45) is 0 Å². The molecule has 1 aromatic rings. The third-order valence-corrected chi connectivity index (χ3v) is 4.97. The van der Waals surface area contributed by atoms with Crippen LogP contribution in [0.4, 0.5) is 0 Å². The number of likely N-dealkylation sites (N-methyl/N-ethyl adjacent to an activating group) is 1. The first-order chi connectivity index (χ1) is 8.45. The third-order valence-electron chi connectivity index (χ3n) is 3.23. The molecule has 1 unspecified atom stereocenters. The van der Waals surface area contributed by atoms with Gasteiger partial charge < -0.3 is 9.32 Å². The molecule has 0 N–H and O–H groups in total. The van der Waals surface area contributed by atoms with E-state index in [1.165, 1.54) is 16.4 Å². The van der Waals surface area contributed by atoms with Crippen LogP contribution in [0.2, 0.25) is 0 Å². The molecule has 1 aliphatic heterocycles. The molecule has 1 saturated heterocycles. The Balaban J connectivity index is 2.23. The van der Waals surface area contributed by atoms with E-state index in [0.717, 1.165) is 0 Å². The van der Waals surface area contributed by atoms with E-state index in [9.17, 15) is 13.2 Å². The molecule has 1 atom stereocenters. The van der Waals surface area contributed by atoms with Gasteiger partial charge in [-0.05, 0) is 26.1 Å². The summed E-state index contributed by atoms with van der Waals surface area (Å²) in [5.41, 5.74) is 0. The van der Waals surface area contributed by atoms with Crippen LogP contribution in [0.15, 0.2) is 21.6 Å². The maximum absolute atomic E-state index is 12.3. The highest BCUT2D eigenvalue weighted by atomic mass is 32.2. The van der Waals surface area contributed by atoms with Crippen molar-refractivity contribution in [3.63, 3.8) is 0 Å². The summed E-state index contributed by atoms with van der Waals surface area (Å²) in [6.45, 7) is 3.51. The summed E-state index contributed by atoms with van der Waals surface area (Å²) in [7, 11) is -1.66. The predicted octanol–water partition coefficient (Wildman–Crippen LogP) is 0.417. The molecular formula is C11H16N2O4S. The molecule has 1 aromatic heterocycles. The number of sulfonamides is 1. The van der Waals surface area contributed by atoms with Gasteiger partial charge in [-0.2, -0.15) is 4.31 Å². The lowest BCUT2D eigenvalue weighted by Gasteiger charge is -2.36. The first kappa shape index (κ1) is 13.3. The van der Waals surface area contributed by atoms with Crippen molar-refractivity contribution in [2.45, 2.75) is 18.1 Å². The van der Waals surface area contributed by atoms with Crippen molar-refractivity contribution in [3.05, 3.63) is 17.9 Å². The molecular weight excluding hydrogens is 256 g/mol. The summed E-state index contributed by atoms with van der Waals surface area (Å²) in [5, 5.41) is -0.165. The van der Waals surface area contributed by atoms with Crippen molar-refractivity contribution in [1.82, 2.24) is 9.21 Å². The van der Waals surface area contributed by atoms with Gasteiger partial charge in [-0.1, -0.05) is 0 Å². The zero-order valence-corrected chi connectivity index (χ0v) is 11.2. The largest absolute Gasteiger partial charge is 0.440 e. The normalized spacial score (nSPS) is 23.1. The molecule has 0 bridgehead atoms. The molecule has 1 fully saturated rings. The van der Waals surface area contributed by atoms with E-state index >= 15 is 0 Å². The van der Waals surface area contributed by atoms with E-state index in [-0.39, 0.29) is 16.9 Å². The number of rotatable bonds is 3. The lowest BCUT2D eigenvalue weighted by molar-refractivity contribution is 0.109. The van der Waals surface area contributed by atoms with Crippen molar-refractivity contribution in [1.29, 1.82) is 0 Å². The number of nitrogens with zero attached hydrogens (tertiary/aromatic N) is 2. The molecule has 0 aliphatic carbocycles. The molecule has 0 spiro atoms. The van der Waals surface area contributed by atoms with E-state index in [2.05, 4.69) is 4.90 Å². The maximum atomic E-state index is 12.3. The molecule has 0 radical (unpaired) electrons. The summed E-state index contributed by atoms with van der Waals surface area (Å²) in [6.07, 6.45) is 0.492. The van der Waals surface area contributed by atoms with Gasteiger partial charge in [-0.3, -0.25) is 4.79 Å². The van der Waals surface area contributed by atoms with Gasteiger partial charge in [0.25, 0.3) is 10.0 Å². The van der Waals surface area contributed by atoms with Crippen LogP contribution < -0.4 is 0 Å². The van der Waals surface area contributed by atoms with Gasteiger partial charge in [0.05, 0.1) is 0 Å². The van der Waals surface area contributed by atoms with Gasteiger partial charge in [0.15, 0.2) is 12.0 Å². The lowest BCUT2D eigenvalue weighted by atomic mass is 10.2. The first-order valence-corrected chi connectivity index (χ1v) is 7.14. The number of aldehydes is 1. The highest BCUT2D eigenvalue weighted by Crippen LogP contribution is 2.20. The molecule has 0 saturated carbocycles. The highest BCUT2D eigenvalue weighted by molar-refractivity contribution is 7.89. The quantitative estimate of drug-likeness (QED) is 0.746. The van der Waals surface area contributed by atoms with Crippen LogP contribution in [-0.4, -0.2) is 56.6 Å². The molecule has 100 valence electrons. The SMILES string of the molecule is CC1CN(S(=O)(=O)c2ccc(C=O)o2)CCN1C. The lowest BCUT2D eigenvalue weighted by Crippen LogP contribution is -2.51. The molecule has 1 aliphatic rings. The monoisotopic (exact) mass is 272 g/mol. The number of carbonyl (C=O) groups excluding carboxylic acids is 1. The maximum Gasteiger partial charge on any atom is 0.276 e.